The van der Waals surface area contributed by atoms with E-state index in [4.69, 9.17) is 9.52 Å². The van der Waals surface area contributed by atoms with Gasteiger partial charge in [-0.3, -0.25) is 14.9 Å². The molecule has 0 radical (unpaired) electrons. The van der Waals surface area contributed by atoms with Gasteiger partial charge in [0.2, 0.25) is 0 Å². The maximum absolute atomic E-state index is 10.9. The summed E-state index contributed by atoms with van der Waals surface area (Å²) in [5, 5.41) is 19.7. The van der Waals surface area contributed by atoms with Crippen LogP contribution in [0.5, 0.6) is 0 Å². The van der Waals surface area contributed by atoms with Gasteiger partial charge in [0, 0.05) is 11.6 Å². The third-order valence-corrected chi connectivity index (χ3v) is 2.45. The number of nitrogens with zero attached hydrogens (tertiary/aromatic N) is 1. The number of rotatable bonds is 4. The van der Waals surface area contributed by atoms with Gasteiger partial charge in [-0.15, -0.1) is 0 Å². The number of nitro groups is 1. The van der Waals surface area contributed by atoms with Gasteiger partial charge in [-0.1, -0.05) is 0 Å². The van der Waals surface area contributed by atoms with Crippen molar-refractivity contribution in [1.29, 1.82) is 0 Å². The molecule has 0 atom stereocenters. The van der Waals surface area contributed by atoms with Crippen LogP contribution in [0.2, 0.25) is 0 Å². The molecule has 19 heavy (non-hydrogen) atoms. The molecule has 1 aromatic carbocycles. The molecule has 0 aliphatic heterocycles. The second-order valence-corrected chi connectivity index (χ2v) is 3.61. The lowest BCUT2D eigenvalue weighted by atomic mass is 10.1. The lowest BCUT2D eigenvalue weighted by molar-refractivity contribution is -0.385. The fourth-order valence-corrected chi connectivity index (χ4v) is 1.59. The first kappa shape index (κ1) is 12.5. The molecule has 7 nitrogen and oxygen atoms in total. The maximum atomic E-state index is 10.9. The summed E-state index contributed by atoms with van der Waals surface area (Å²) in [5.41, 5.74) is -0.616. The van der Waals surface area contributed by atoms with Gasteiger partial charge in [-0.2, -0.15) is 0 Å². The van der Waals surface area contributed by atoms with Crippen LogP contribution in [0.15, 0.2) is 34.7 Å². The monoisotopic (exact) mass is 261 g/mol. The van der Waals surface area contributed by atoms with Crippen LogP contribution < -0.4 is 0 Å². The molecule has 96 valence electrons. The highest BCUT2D eigenvalue weighted by Crippen LogP contribution is 2.28. The van der Waals surface area contributed by atoms with Crippen LogP contribution in [-0.2, 0) is 0 Å². The van der Waals surface area contributed by atoms with Crippen molar-refractivity contribution in [3.63, 3.8) is 0 Å². The zero-order valence-corrected chi connectivity index (χ0v) is 9.40. The molecular formula is C12H7NO6. The summed E-state index contributed by atoms with van der Waals surface area (Å²) in [6.07, 6.45) is 0.504. The average molecular weight is 261 g/mol. The molecule has 0 aliphatic rings. The Hall–Kier alpha value is -2.96. The van der Waals surface area contributed by atoms with Gasteiger partial charge in [-0.25, -0.2) is 4.79 Å². The van der Waals surface area contributed by atoms with Gasteiger partial charge in [0.15, 0.2) is 12.0 Å². The molecule has 0 saturated carbocycles. The summed E-state index contributed by atoms with van der Waals surface area (Å²) in [6.45, 7) is 0. The molecule has 0 fully saturated rings. The predicted octanol–water partition coefficient (Wildman–Crippen LogP) is 2.37. The Labute approximate surface area is 106 Å². The Kier molecular flexibility index (Phi) is 3.11. The second kappa shape index (κ2) is 4.73. The van der Waals surface area contributed by atoms with E-state index in [-0.39, 0.29) is 11.5 Å². The van der Waals surface area contributed by atoms with Crippen molar-refractivity contribution < 1.29 is 24.0 Å². The number of aromatic carboxylic acids is 1. The number of aldehydes is 1. The second-order valence-electron chi connectivity index (χ2n) is 3.61. The number of carboxylic acids is 1. The van der Waals surface area contributed by atoms with Crippen LogP contribution in [0.25, 0.3) is 11.3 Å². The summed E-state index contributed by atoms with van der Waals surface area (Å²) in [7, 11) is 0. The van der Waals surface area contributed by atoms with Crippen molar-refractivity contribution in [3.8, 4) is 11.3 Å². The number of carbonyl (C=O) groups excluding carboxylic acids is 1. The smallest absolute Gasteiger partial charge is 0.342 e. The van der Waals surface area contributed by atoms with Crippen molar-refractivity contribution in [1.82, 2.24) is 0 Å². The number of benzene rings is 1. The molecule has 7 heteroatoms. The Balaban J connectivity index is 2.54. The summed E-state index contributed by atoms with van der Waals surface area (Å²) in [4.78, 5) is 31.4. The van der Waals surface area contributed by atoms with E-state index in [9.17, 15) is 19.7 Å². The standard InChI is InChI=1S/C12H7NO6/c14-6-8-2-4-11(19-8)7-1-3-9(12(15)16)10(5-7)13(17)18/h1-6H,(H,15,16). The fourth-order valence-electron chi connectivity index (χ4n) is 1.59. The molecule has 0 amide bonds. The first-order chi connectivity index (χ1) is 9.02. The molecular weight excluding hydrogens is 254 g/mol. The molecule has 0 spiro atoms. The average Bonchev–Trinajstić information content (AvgIpc) is 2.86. The van der Waals surface area contributed by atoms with Crippen molar-refractivity contribution >= 4 is 17.9 Å². The fraction of sp³-hybridized carbons (Fsp3) is 0. The largest absolute Gasteiger partial charge is 0.477 e. The minimum atomic E-state index is -1.38. The van der Waals surface area contributed by atoms with E-state index in [0.717, 1.165) is 12.1 Å². The van der Waals surface area contributed by atoms with Crippen molar-refractivity contribution in [2.24, 2.45) is 0 Å². The predicted molar refractivity (Wildman–Crippen MR) is 63.1 cm³/mol. The zero-order chi connectivity index (χ0) is 14.0. The van der Waals surface area contributed by atoms with Crippen molar-refractivity contribution in [2.75, 3.05) is 0 Å². The van der Waals surface area contributed by atoms with Gasteiger partial charge in [0.05, 0.1) is 4.92 Å². The van der Waals surface area contributed by atoms with Crippen molar-refractivity contribution in [3.05, 3.63) is 51.8 Å². The Morgan fingerprint density at radius 1 is 1.32 bits per heavy atom. The van der Waals surface area contributed by atoms with Crippen LogP contribution in [0.3, 0.4) is 0 Å². The zero-order valence-electron chi connectivity index (χ0n) is 9.40. The van der Waals surface area contributed by atoms with Gasteiger partial charge in [0.1, 0.15) is 11.3 Å². The third-order valence-electron chi connectivity index (χ3n) is 2.45. The van der Waals surface area contributed by atoms with E-state index < -0.39 is 22.1 Å². The normalized spacial score (nSPS) is 10.1. The number of hydrogen-bond donors (Lipinski definition) is 1. The van der Waals surface area contributed by atoms with Gasteiger partial charge >= 0.3 is 5.97 Å². The van der Waals surface area contributed by atoms with Gasteiger partial charge in [-0.05, 0) is 24.3 Å². The van der Waals surface area contributed by atoms with Crippen LogP contribution in [0.1, 0.15) is 20.9 Å². The third kappa shape index (κ3) is 2.34. The quantitative estimate of drug-likeness (QED) is 0.513. The highest BCUT2D eigenvalue weighted by atomic mass is 16.6. The van der Waals surface area contributed by atoms with Crippen LogP contribution >= 0.6 is 0 Å². The lowest BCUT2D eigenvalue weighted by Crippen LogP contribution is -2.02. The first-order valence-electron chi connectivity index (χ1n) is 5.10. The minimum Gasteiger partial charge on any atom is -0.477 e. The SMILES string of the molecule is O=Cc1ccc(-c2ccc(C(=O)O)c([N+](=O)[O-])c2)o1. The van der Waals surface area contributed by atoms with E-state index in [1.165, 1.54) is 18.2 Å². The van der Waals surface area contributed by atoms with Crippen LogP contribution in [0, 0.1) is 10.1 Å². The maximum Gasteiger partial charge on any atom is 0.342 e. The summed E-state index contributed by atoms with van der Waals surface area (Å²) in [5.74, 6) is -1.05. The highest BCUT2D eigenvalue weighted by Gasteiger charge is 2.21. The summed E-state index contributed by atoms with van der Waals surface area (Å²) < 4.78 is 5.12. The molecule has 0 bridgehead atoms. The molecule has 1 aromatic heterocycles. The number of carboxylic acid groups (broad SMARTS) is 1. The number of nitro benzene ring substituents is 1. The molecule has 2 rings (SSSR count). The first-order valence-corrected chi connectivity index (χ1v) is 5.10. The Morgan fingerprint density at radius 3 is 2.58 bits per heavy atom. The van der Waals surface area contributed by atoms with E-state index in [1.54, 1.807) is 0 Å². The van der Waals surface area contributed by atoms with Gasteiger partial charge < -0.3 is 9.52 Å². The van der Waals surface area contributed by atoms with E-state index in [2.05, 4.69) is 0 Å². The Morgan fingerprint density at radius 2 is 2.05 bits per heavy atom. The number of furan rings is 1. The molecule has 0 unspecified atom stereocenters. The Bertz CT molecular complexity index is 673. The molecule has 1 N–H and O–H groups in total. The molecule has 1 heterocycles. The van der Waals surface area contributed by atoms with E-state index >= 15 is 0 Å². The summed E-state index contributed by atoms with van der Waals surface area (Å²) in [6, 6.07) is 6.49. The topological polar surface area (TPSA) is 111 Å². The molecule has 2 aromatic rings. The van der Waals surface area contributed by atoms with E-state index in [1.807, 2.05) is 0 Å². The number of hydrogen-bond acceptors (Lipinski definition) is 5. The van der Waals surface area contributed by atoms with Crippen molar-refractivity contribution in [2.45, 2.75) is 0 Å². The minimum absolute atomic E-state index is 0.0833. The number of carbonyl (C=O) groups is 2. The molecule has 0 aliphatic carbocycles. The highest BCUT2D eigenvalue weighted by molar-refractivity contribution is 5.93. The molecule has 0 saturated heterocycles. The van der Waals surface area contributed by atoms with Gasteiger partial charge in [0.25, 0.3) is 5.69 Å². The lowest BCUT2D eigenvalue weighted by Gasteiger charge is -2.00. The van der Waals surface area contributed by atoms with Crippen LogP contribution in [-0.4, -0.2) is 22.3 Å². The van der Waals surface area contributed by atoms with Crippen LogP contribution in [0.4, 0.5) is 5.69 Å². The summed E-state index contributed by atoms with van der Waals surface area (Å²) >= 11 is 0. The van der Waals surface area contributed by atoms with E-state index in [0.29, 0.717) is 11.8 Å².